The van der Waals surface area contributed by atoms with Gasteiger partial charge < -0.3 is 9.47 Å². The molecule has 0 fully saturated rings. The number of rotatable bonds is 8. The Hall–Kier alpha value is -3.50. The number of amides is 3. The molecule has 1 aliphatic carbocycles. The number of carbonyl (C=O) groups excluding carboxylic acids is 3. The van der Waals surface area contributed by atoms with Crippen molar-refractivity contribution in [2.75, 3.05) is 29.6 Å². The summed E-state index contributed by atoms with van der Waals surface area (Å²) < 4.78 is 10.4. The van der Waals surface area contributed by atoms with Crippen LogP contribution >= 0.6 is 21.6 Å². The van der Waals surface area contributed by atoms with Crippen LogP contribution < -0.4 is 10.2 Å². The van der Waals surface area contributed by atoms with Crippen molar-refractivity contribution < 1.29 is 23.9 Å². The molecule has 0 bridgehead atoms. The van der Waals surface area contributed by atoms with E-state index in [1.807, 2.05) is 42.5 Å². The van der Waals surface area contributed by atoms with E-state index in [2.05, 4.69) is 16.4 Å². The third-order valence-corrected chi connectivity index (χ3v) is 7.59. The van der Waals surface area contributed by atoms with Gasteiger partial charge in [-0.3, -0.25) is 9.88 Å². The highest BCUT2D eigenvalue weighted by Crippen LogP contribution is 2.34. The Morgan fingerprint density at radius 3 is 2.58 bits per heavy atom. The van der Waals surface area contributed by atoms with Crippen LogP contribution in [-0.4, -0.2) is 47.8 Å². The summed E-state index contributed by atoms with van der Waals surface area (Å²) in [6.45, 7) is 0.404. The molecule has 0 saturated carbocycles. The molecule has 1 aromatic heterocycles. The van der Waals surface area contributed by atoms with Crippen molar-refractivity contribution in [3.05, 3.63) is 89.4 Å². The average molecular weight is 524 g/mol. The number of esters is 1. The van der Waals surface area contributed by atoms with Crippen LogP contribution in [0.1, 0.15) is 28.8 Å². The zero-order valence-electron chi connectivity index (χ0n) is 19.4. The minimum absolute atomic E-state index is 0.140. The van der Waals surface area contributed by atoms with Gasteiger partial charge >= 0.3 is 18.1 Å². The fraction of sp³-hybridized carbons (Fsp3) is 0.231. The summed E-state index contributed by atoms with van der Waals surface area (Å²) in [4.78, 5) is 42.7. The second-order valence-corrected chi connectivity index (χ2v) is 10.4. The molecule has 8 nitrogen and oxygen atoms in total. The van der Waals surface area contributed by atoms with Crippen LogP contribution in [0, 0.1) is 0 Å². The number of fused-ring (bicyclic) bond motifs is 1. The van der Waals surface area contributed by atoms with Crippen LogP contribution in [0.3, 0.4) is 0 Å². The molecule has 186 valence electrons. The van der Waals surface area contributed by atoms with Crippen molar-refractivity contribution in [2.24, 2.45) is 0 Å². The molecule has 4 rings (SSSR count). The third-order valence-electron chi connectivity index (χ3n) is 5.26. The van der Waals surface area contributed by atoms with Crippen molar-refractivity contribution in [3.63, 3.8) is 0 Å². The number of para-hydroxylation sites is 1. The molecule has 2 heterocycles. The maximum atomic E-state index is 13.1. The van der Waals surface area contributed by atoms with Crippen molar-refractivity contribution >= 4 is 51.4 Å². The van der Waals surface area contributed by atoms with Crippen molar-refractivity contribution in [2.45, 2.75) is 12.8 Å². The van der Waals surface area contributed by atoms with Crippen molar-refractivity contribution in [3.8, 4) is 0 Å². The quantitative estimate of drug-likeness (QED) is 0.271. The molecule has 1 N–H and O–H groups in total. The predicted molar refractivity (Wildman–Crippen MR) is 143 cm³/mol. The normalized spacial score (nSPS) is 13.9. The molecule has 10 heteroatoms. The third kappa shape index (κ3) is 6.79. The van der Waals surface area contributed by atoms with Gasteiger partial charge in [0.25, 0.3) is 0 Å². The molecule has 0 spiro atoms. The fourth-order valence-electron chi connectivity index (χ4n) is 3.65. The molecule has 1 aliphatic heterocycles. The Balaban J connectivity index is 1.18. The van der Waals surface area contributed by atoms with Gasteiger partial charge in [-0.1, -0.05) is 64.1 Å². The molecule has 0 saturated heterocycles. The maximum absolute atomic E-state index is 13.1. The van der Waals surface area contributed by atoms with E-state index in [0.29, 0.717) is 23.5 Å². The number of nitrogens with one attached hydrogen (secondary N) is 1. The molecule has 1 aromatic carbocycles. The molecule has 2 aromatic rings. The number of carbonyl (C=O) groups is 3. The maximum Gasteiger partial charge on any atom is 0.415 e. The van der Waals surface area contributed by atoms with Crippen LogP contribution in [0.15, 0.2) is 78.3 Å². The number of urea groups is 1. The number of benzene rings is 1. The van der Waals surface area contributed by atoms with Crippen molar-refractivity contribution in [1.82, 2.24) is 10.3 Å². The Morgan fingerprint density at radius 2 is 1.78 bits per heavy atom. The zero-order chi connectivity index (χ0) is 25.2. The van der Waals surface area contributed by atoms with Gasteiger partial charge in [-0.2, -0.15) is 0 Å². The number of pyridine rings is 1. The number of aromatic nitrogens is 1. The highest BCUT2D eigenvalue weighted by atomic mass is 33.1. The summed E-state index contributed by atoms with van der Waals surface area (Å²) >= 11 is 0. The summed E-state index contributed by atoms with van der Waals surface area (Å²) in [6.07, 6.45) is 11.8. The number of hydrogen-bond donors (Lipinski definition) is 1. The largest absolute Gasteiger partial charge is 0.461 e. The van der Waals surface area contributed by atoms with Crippen LogP contribution in [0.5, 0.6) is 0 Å². The second kappa shape index (κ2) is 13.0. The van der Waals surface area contributed by atoms with E-state index in [-0.39, 0.29) is 13.2 Å². The Morgan fingerprint density at radius 1 is 0.972 bits per heavy atom. The van der Waals surface area contributed by atoms with Gasteiger partial charge in [-0.05, 0) is 42.2 Å². The fourth-order valence-corrected chi connectivity index (χ4v) is 5.31. The molecule has 0 unspecified atom stereocenters. The molecular weight excluding hydrogens is 498 g/mol. The molecule has 3 amide bonds. The van der Waals surface area contributed by atoms with Gasteiger partial charge in [0, 0.05) is 29.6 Å². The number of hydrogen-bond acceptors (Lipinski definition) is 8. The number of alkyl carbamates (subject to hydrolysis) is 1. The van der Waals surface area contributed by atoms with Gasteiger partial charge in [0.05, 0.1) is 11.3 Å². The molecule has 2 aliphatic rings. The van der Waals surface area contributed by atoms with E-state index in [4.69, 9.17) is 9.47 Å². The highest BCUT2D eigenvalue weighted by Gasteiger charge is 2.27. The van der Waals surface area contributed by atoms with Gasteiger partial charge in [-0.25, -0.2) is 19.7 Å². The average Bonchev–Trinajstić information content (AvgIpc) is 3.07. The minimum atomic E-state index is -0.792. The Bertz CT molecular complexity index is 1200. The lowest BCUT2D eigenvalue weighted by atomic mass is 10.0. The van der Waals surface area contributed by atoms with E-state index >= 15 is 0 Å². The van der Waals surface area contributed by atoms with Crippen LogP contribution in [0.25, 0.3) is 6.08 Å². The number of imide groups is 1. The Labute approximate surface area is 217 Å². The molecule has 36 heavy (non-hydrogen) atoms. The standard InChI is InChI=1S/C26H25N3O5S2/c30-24(21-8-5-13-27-18-21)33-14-16-35-36-17-15-34-26(32)28-25(31)29-22-9-3-1-6-19(22)11-12-20-7-2-4-10-23(20)29/h1-3,5-9,11-13,18H,4,10,14-17H2,(H,28,31,32). The van der Waals surface area contributed by atoms with Crippen LogP contribution in [-0.2, 0) is 9.47 Å². The zero-order valence-corrected chi connectivity index (χ0v) is 21.1. The van der Waals surface area contributed by atoms with Gasteiger partial charge in [0.1, 0.15) is 13.2 Å². The first-order chi connectivity index (χ1) is 17.6. The first kappa shape index (κ1) is 25.6. The number of ether oxygens (including phenoxy) is 2. The number of anilines is 1. The summed E-state index contributed by atoms with van der Waals surface area (Å²) in [6, 6.07) is 10.3. The topological polar surface area (TPSA) is 97.8 Å². The highest BCUT2D eigenvalue weighted by molar-refractivity contribution is 8.76. The van der Waals surface area contributed by atoms with Gasteiger partial charge in [0.2, 0.25) is 0 Å². The molecular formula is C26H25N3O5S2. The Kier molecular flexibility index (Phi) is 9.23. The predicted octanol–water partition coefficient (Wildman–Crippen LogP) is 5.60. The summed E-state index contributed by atoms with van der Waals surface area (Å²) in [5.74, 6) is 0.711. The van der Waals surface area contributed by atoms with E-state index in [1.54, 1.807) is 23.2 Å². The number of nitrogens with zero attached hydrogens (tertiary/aromatic N) is 2. The number of allylic oxidation sites excluding steroid dienone is 5. The molecule has 0 radical (unpaired) electrons. The van der Waals surface area contributed by atoms with Crippen molar-refractivity contribution in [1.29, 1.82) is 0 Å². The smallest absolute Gasteiger partial charge is 0.415 e. The van der Waals surface area contributed by atoms with Crippen LogP contribution in [0.4, 0.5) is 15.3 Å². The summed E-state index contributed by atoms with van der Waals surface area (Å²) in [7, 11) is 2.99. The van der Waals surface area contributed by atoms with E-state index < -0.39 is 18.1 Å². The first-order valence-corrected chi connectivity index (χ1v) is 13.9. The van der Waals surface area contributed by atoms with E-state index in [1.165, 1.54) is 27.8 Å². The minimum Gasteiger partial charge on any atom is -0.461 e. The van der Waals surface area contributed by atoms with E-state index in [9.17, 15) is 14.4 Å². The lowest BCUT2D eigenvalue weighted by Gasteiger charge is -2.28. The summed E-state index contributed by atoms with van der Waals surface area (Å²) in [5, 5.41) is 2.35. The lowest BCUT2D eigenvalue weighted by Crippen LogP contribution is -2.43. The first-order valence-electron chi connectivity index (χ1n) is 11.4. The second-order valence-electron chi connectivity index (χ2n) is 7.66. The molecule has 0 atom stereocenters. The lowest BCUT2D eigenvalue weighted by molar-refractivity contribution is 0.0530. The van der Waals surface area contributed by atoms with Crippen LogP contribution in [0.2, 0.25) is 0 Å². The summed E-state index contributed by atoms with van der Waals surface area (Å²) in [5.41, 5.74) is 3.82. The van der Waals surface area contributed by atoms with Gasteiger partial charge in [0.15, 0.2) is 0 Å². The van der Waals surface area contributed by atoms with Gasteiger partial charge in [-0.15, -0.1) is 0 Å². The monoisotopic (exact) mass is 523 g/mol. The van der Waals surface area contributed by atoms with E-state index in [0.717, 1.165) is 28.9 Å². The SMILES string of the molecule is O=C(NC(=O)N1C2=C(C=CCC2)C=Cc2ccccc21)OCCSSCCOC(=O)c1cccnc1.